The largest absolute Gasteiger partial charge is 0.313 e. The van der Waals surface area contributed by atoms with Gasteiger partial charge in [0, 0.05) is 37.5 Å². The topological polar surface area (TPSA) is 71.4 Å². The fourth-order valence-electron chi connectivity index (χ4n) is 3.37. The first-order chi connectivity index (χ1) is 11.8. The zero-order chi connectivity index (χ0) is 16.4. The summed E-state index contributed by atoms with van der Waals surface area (Å²) in [6, 6.07) is 10.8. The van der Waals surface area contributed by atoms with E-state index in [0.29, 0.717) is 6.04 Å². The predicted molar refractivity (Wildman–Crippen MR) is 92.4 cm³/mol. The van der Waals surface area contributed by atoms with Crippen molar-refractivity contribution in [3.63, 3.8) is 0 Å². The van der Waals surface area contributed by atoms with Crippen LogP contribution in [-0.4, -0.2) is 31.0 Å². The van der Waals surface area contributed by atoms with E-state index in [4.69, 9.17) is 0 Å². The highest BCUT2D eigenvalue weighted by Gasteiger charge is 2.22. The van der Waals surface area contributed by atoms with E-state index >= 15 is 0 Å². The van der Waals surface area contributed by atoms with Gasteiger partial charge < -0.3 is 9.88 Å². The first-order valence-corrected chi connectivity index (χ1v) is 8.57. The maximum absolute atomic E-state index is 4.30. The van der Waals surface area contributed by atoms with Gasteiger partial charge in [0.25, 0.3) is 0 Å². The fraction of sp³-hybridized carbons (Fsp3) is 0.389. The van der Waals surface area contributed by atoms with Crippen LogP contribution in [0.15, 0.2) is 36.5 Å². The molecule has 124 valence electrons. The van der Waals surface area contributed by atoms with Crippen LogP contribution in [0.3, 0.4) is 0 Å². The first kappa shape index (κ1) is 15.1. The standard InChI is InChI=1S/C18H22N6/c1-2-16-21-22-17-9-8-15(12-24(16)17)19-10-14-11-20-23-18(14)13-6-4-3-5-7-13/h3-7,11,15,19H,2,8-10,12H2,1H3,(H,20,23). The van der Waals surface area contributed by atoms with E-state index in [1.54, 1.807) is 0 Å². The van der Waals surface area contributed by atoms with Crippen molar-refractivity contribution in [2.45, 2.75) is 45.3 Å². The van der Waals surface area contributed by atoms with Crippen LogP contribution in [0.25, 0.3) is 11.3 Å². The lowest BCUT2D eigenvalue weighted by Crippen LogP contribution is -2.37. The summed E-state index contributed by atoms with van der Waals surface area (Å²) >= 11 is 0. The van der Waals surface area contributed by atoms with Crippen molar-refractivity contribution in [2.24, 2.45) is 0 Å². The molecule has 3 aromatic rings. The summed E-state index contributed by atoms with van der Waals surface area (Å²) in [5.74, 6) is 2.21. The van der Waals surface area contributed by atoms with E-state index in [0.717, 1.165) is 49.7 Å². The molecule has 0 saturated heterocycles. The summed E-state index contributed by atoms with van der Waals surface area (Å²) in [4.78, 5) is 0. The van der Waals surface area contributed by atoms with Gasteiger partial charge in [-0.1, -0.05) is 37.3 Å². The minimum atomic E-state index is 0.442. The van der Waals surface area contributed by atoms with Crippen molar-refractivity contribution in [1.82, 2.24) is 30.3 Å². The molecule has 6 nitrogen and oxygen atoms in total. The van der Waals surface area contributed by atoms with Gasteiger partial charge in [0.1, 0.15) is 11.6 Å². The average molecular weight is 322 g/mol. The Morgan fingerprint density at radius 2 is 2.12 bits per heavy atom. The third-order valence-corrected chi connectivity index (χ3v) is 4.70. The van der Waals surface area contributed by atoms with Gasteiger partial charge in [0.15, 0.2) is 0 Å². The van der Waals surface area contributed by atoms with Crippen LogP contribution >= 0.6 is 0 Å². The number of nitrogens with one attached hydrogen (secondary N) is 2. The number of aryl methyl sites for hydroxylation is 2. The van der Waals surface area contributed by atoms with E-state index in [1.165, 1.54) is 11.1 Å². The second-order valence-electron chi connectivity index (χ2n) is 6.25. The summed E-state index contributed by atoms with van der Waals surface area (Å²) in [5.41, 5.74) is 3.47. The Bertz CT molecular complexity index is 791. The Kier molecular flexibility index (Phi) is 4.13. The highest BCUT2D eigenvalue weighted by atomic mass is 15.3. The minimum absolute atomic E-state index is 0.442. The minimum Gasteiger partial charge on any atom is -0.313 e. The van der Waals surface area contributed by atoms with Crippen LogP contribution in [-0.2, 0) is 25.9 Å². The lowest BCUT2D eigenvalue weighted by atomic mass is 10.1. The SMILES string of the molecule is CCc1nnc2n1CC(NCc1cn[nH]c1-c1ccccc1)CC2. The zero-order valence-corrected chi connectivity index (χ0v) is 13.9. The molecule has 0 amide bonds. The maximum Gasteiger partial charge on any atom is 0.133 e. The van der Waals surface area contributed by atoms with Crippen LogP contribution in [0.2, 0.25) is 0 Å². The molecule has 1 unspecified atom stereocenters. The number of aromatic nitrogens is 5. The van der Waals surface area contributed by atoms with Crippen LogP contribution < -0.4 is 5.32 Å². The molecule has 1 aliphatic heterocycles. The van der Waals surface area contributed by atoms with Crippen molar-refractivity contribution in [3.8, 4) is 11.3 Å². The van der Waals surface area contributed by atoms with Crippen LogP contribution in [0.5, 0.6) is 0 Å². The summed E-state index contributed by atoms with van der Waals surface area (Å²) in [7, 11) is 0. The Balaban J connectivity index is 1.44. The zero-order valence-electron chi connectivity index (χ0n) is 13.9. The summed E-state index contributed by atoms with van der Waals surface area (Å²) in [6.45, 7) is 3.89. The number of H-pyrrole nitrogens is 1. The lowest BCUT2D eigenvalue weighted by Gasteiger charge is -2.25. The van der Waals surface area contributed by atoms with Crippen LogP contribution in [0, 0.1) is 0 Å². The average Bonchev–Trinajstić information content (AvgIpc) is 3.27. The molecule has 2 aromatic heterocycles. The Labute approximate surface area is 141 Å². The van der Waals surface area contributed by atoms with Gasteiger partial charge >= 0.3 is 0 Å². The number of nitrogens with zero attached hydrogens (tertiary/aromatic N) is 4. The molecule has 24 heavy (non-hydrogen) atoms. The summed E-state index contributed by atoms with van der Waals surface area (Å²) in [6.07, 6.45) is 4.93. The fourth-order valence-corrected chi connectivity index (χ4v) is 3.37. The molecule has 1 aliphatic rings. The van der Waals surface area contributed by atoms with Crippen molar-refractivity contribution in [3.05, 3.63) is 53.7 Å². The highest BCUT2D eigenvalue weighted by molar-refractivity contribution is 5.62. The van der Waals surface area contributed by atoms with Gasteiger partial charge in [-0.25, -0.2) is 0 Å². The number of hydrogen-bond donors (Lipinski definition) is 2. The van der Waals surface area contributed by atoms with E-state index in [-0.39, 0.29) is 0 Å². The molecule has 1 atom stereocenters. The van der Waals surface area contributed by atoms with Crippen molar-refractivity contribution in [2.75, 3.05) is 0 Å². The van der Waals surface area contributed by atoms with Crippen LogP contribution in [0.4, 0.5) is 0 Å². The number of hydrogen-bond acceptors (Lipinski definition) is 4. The first-order valence-electron chi connectivity index (χ1n) is 8.57. The Morgan fingerprint density at radius 3 is 2.96 bits per heavy atom. The Hall–Kier alpha value is -2.47. The molecular formula is C18H22N6. The van der Waals surface area contributed by atoms with E-state index in [1.807, 2.05) is 24.4 Å². The summed E-state index contributed by atoms with van der Waals surface area (Å²) in [5, 5.41) is 19.6. The van der Waals surface area contributed by atoms with Gasteiger partial charge in [-0.3, -0.25) is 5.10 Å². The van der Waals surface area contributed by atoms with Gasteiger partial charge in [0.05, 0.1) is 11.9 Å². The lowest BCUT2D eigenvalue weighted by molar-refractivity contribution is 0.373. The molecule has 0 spiro atoms. The molecule has 1 aromatic carbocycles. The number of aromatic amines is 1. The Morgan fingerprint density at radius 1 is 1.25 bits per heavy atom. The van der Waals surface area contributed by atoms with Crippen molar-refractivity contribution in [1.29, 1.82) is 0 Å². The van der Waals surface area contributed by atoms with Crippen molar-refractivity contribution < 1.29 is 0 Å². The molecule has 3 heterocycles. The molecule has 0 fully saturated rings. The molecule has 0 bridgehead atoms. The molecule has 0 aliphatic carbocycles. The summed E-state index contributed by atoms with van der Waals surface area (Å²) < 4.78 is 2.27. The number of fused-ring (bicyclic) bond motifs is 1. The number of benzene rings is 1. The third kappa shape index (κ3) is 2.85. The molecule has 2 N–H and O–H groups in total. The van der Waals surface area contributed by atoms with E-state index in [9.17, 15) is 0 Å². The van der Waals surface area contributed by atoms with Crippen LogP contribution in [0.1, 0.15) is 30.6 Å². The third-order valence-electron chi connectivity index (χ3n) is 4.70. The second-order valence-corrected chi connectivity index (χ2v) is 6.25. The second kappa shape index (κ2) is 6.57. The monoisotopic (exact) mass is 322 g/mol. The molecule has 0 saturated carbocycles. The maximum atomic E-state index is 4.30. The van der Waals surface area contributed by atoms with Gasteiger partial charge in [0.2, 0.25) is 0 Å². The van der Waals surface area contributed by atoms with Gasteiger partial charge in [-0.05, 0) is 12.0 Å². The number of rotatable bonds is 5. The molecule has 4 rings (SSSR count). The van der Waals surface area contributed by atoms with Gasteiger partial charge in [-0.15, -0.1) is 10.2 Å². The van der Waals surface area contributed by atoms with Crippen molar-refractivity contribution >= 4 is 0 Å². The molecular weight excluding hydrogens is 300 g/mol. The van der Waals surface area contributed by atoms with E-state index < -0.39 is 0 Å². The molecule has 6 heteroatoms. The van der Waals surface area contributed by atoms with Gasteiger partial charge in [-0.2, -0.15) is 5.10 Å². The predicted octanol–water partition coefficient (Wildman–Crippen LogP) is 2.34. The highest BCUT2D eigenvalue weighted by Crippen LogP contribution is 2.21. The van der Waals surface area contributed by atoms with E-state index in [2.05, 4.69) is 49.3 Å². The quantitative estimate of drug-likeness (QED) is 0.756. The smallest absolute Gasteiger partial charge is 0.133 e. The molecule has 0 radical (unpaired) electrons. The normalized spacial score (nSPS) is 17.0.